The zero-order valence-electron chi connectivity index (χ0n) is 16.9. The molecule has 2 aromatic carbocycles. The molecule has 1 aliphatic carbocycles. The fourth-order valence-corrected chi connectivity index (χ4v) is 5.13. The number of rotatable bonds is 5. The third-order valence-electron chi connectivity index (χ3n) is 5.58. The number of hydrogen-bond acceptors (Lipinski definition) is 5. The molecule has 1 amide bonds. The van der Waals surface area contributed by atoms with Crippen LogP contribution in [-0.4, -0.2) is 33.8 Å². The summed E-state index contributed by atoms with van der Waals surface area (Å²) in [4.78, 5) is 25.3. The number of hydrogen-bond donors (Lipinski definition) is 2. The highest BCUT2D eigenvalue weighted by Crippen LogP contribution is 2.49. The molecule has 8 heteroatoms. The molecule has 1 aliphatic rings. The normalized spacial score (nSPS) is 23.9. The fraction of sp³-hybridized carbons (Fsp3) is 0.318. The second-order valence-corrected chi connectivity index (χ2v) is 8.78. The van der Waals surface area contributed by atoms with Gasteiger partial charge in [0.25, 0.3) is 11.4 Å². The molecule has 158 valence electrons. The van der Waals surface area contributed by atoms with Crippen LogP contribution in [0.4, 0.5) is 5.69 Å². The van der Waals surface area contributed by atoms with Crippen LogP contribution in [0.3, 0.4) is 0 Å². The number of aliphatic hydroxyl groups excluding tert-OH is 1. The number of nitrogens with zero attached hydrogens (tertiary/aromatic N) is 1. The number of aryl methyl sites for hydroxylation is 1. The van der Waals surface area contributed by atoms with Crippen molar-refractivity contribution in [2.24, 2.45) is 0 Å². The van der Waals surface area contributed by atoms with Gasteiger partial charge in [0, 0.05) is 22.6 Å². The molecule has 2 N–H and O–H groups in total. The molecular formula is C22H23ClN2O4S. The van der Waals surface area contributed by atoms with Gasteiger partial charge in [0.1, 0.15) is 0 Å². The van der Waals surface area contributed by atoms with E-state index in [1.165, 1.54) is 6.92 Å². The molecule has 0 fully saturated rings. The summed E-state index contributed by atoms with van der Waals surface area (Å²) in [5.74, 6) is -1.12. The van der Waals surface area contributed by atoms with E-state index in [-0.39, 0.29) is 21.8 Å². The maximum Gasteiger partial charge on any atom is 0.257 e. The van der Waals surface area contributed by atoms with Crippen molar-refractivity contribution in [2.45, 2.75) is 37.8 Å². The van der Waals surface area contributed by atoms with Crippen molar-refractivity contribution >= 4 is 35.0 Å². The summed E-state index contributed by atoms with van der Waals surface area (Å²) >= 11 is 7.01. The zero-order valence-corrected chi connectivity index (χ0v) is 18.5. The van der Waals surface area contributed by atoms with E-state index in [9.17, 15) is 20.0 Å². The van der Waals surface area contributed by atoms with Crippen LogP contribution in [-0.2, 0) is 4.79 Å². The van der Waals surface area contributed by atoms with Gasteiger partial charge in [-0.15, -0.1) is 11.8 Å². The van der Waals surface area contributed by atoms with Crippen LogP contribution >= 0.6 is 23.4 Å². The first kappa shape index (κ1) is 22.3. The molecule has 0 bridgehead atoms. The summed E-state index contributed by atoms with van der Waals surface area (Å²) < 4.78 is 0. The monoisotopic (exact) mass is 446 g/mol. The number of anilines is 1. The van der Waals surface area contributed by atoms with E-state index in [1.807, 2.05) is 31.2 Å². The van der Waals surface area contributed by atoms with Crippen LogP contribution < -0.4 is 5.32 Å². The van der Waals surface area contributed by atoms with Crippen LogP contribution in [0.25, 0.3) is 0 Å². The number of carbonyl (C=O) groups excluding carboxylic acids is 1. The fourth-order valence-electron chi connectivity index (χ4n) is 3.93. The molecule has 3 unspecified atom stereocenters. The highest BCUT2D eigenvalue weighted by atomic mass is 35.5. The van der Waals surface area contributed by atoms with Gasteiger partial charge in [0.2, 0.25) is 0 Å². The molecule has 3 rings (SSSR count). The van der Waals surface area contributed by atoms with E-state index in [0.717, 1.165) is 22.9 Å². The Kier molecular flexibility index (Phi) is 6.55. The second kappa shape index (κ2) is 8.79. The number of amides is 1. The molecule has 0 radical (unpaired) electrons. The third kappa shape index (κ3) is 4.10. The minimum atomic E-state index is -1.54. The first-order chi connectivity index (χ1) is 14.2. The Balaban J connectivity index is 2.07. The summed E-state index contributed by atoms with van der Waals surface area (Å²) in [6.07, 6.45) is 0.643. The number of nitrogens with one attached hydrogen (secondary N) is 1. The van der Waals surface area contributed by atoms with Crippen molar-refractivity contribution < 1.29 is 14.8 Å². The van der Waals surface area contributed by atoms with Crippen LogP contribution in [0.1, 0.15) is 30.4 Å². The predicted octanol–water partition coefficient (Wildman–Crippen LogP) is 4.79. The molecule has 0 spiro atoms. The number of carbonyl (C=O) groups is 1. The van der Waals surface area contributed by atoms with E-state index in [0.29, 0.717) is 10.7 Å². The van der Waals surface area contributed by atoms with Crippen molar-refractivity contribution in [2.75, 3.05) is 11.6 Å². The standard InChI is InChI=1S/C22H23ClN2O4S/c1-13-4-6-14(7-5-13)17-12-18(26)19(20(30-3)22(17,2)25(28)29)21(27)24-16-10-8-15(23)9-11-16/h4-11,17-18,26H,12H2,1-3H3,(H,24,27). The molecule has 0 aliphatic heterocycles. The Bertz CT molecular complexity index is 991. The summed E-state index contributed by atoms with van der Waals surface area (Å²) in [6, 6.07) is 14.0. The number of benzene rings is 2. The highest BCUT2D eigenvalue weighted by Gasteiger charge is 2.56. The number of aliphatic hydroxyl groups is 1. The summed E-state index contributed by atoms with van der Waals surface area (Å²) in [5.41, 5.74) is 0.804. The first-order valence-electron chi connectivity index (χ1n) is 9.43. The molecule has 0 saturated carbocycles. The molecule has 2 aromatic rings. The average Bonchev–Trinajstić information content (AvgIpc) is 2.71. The molecular weight excluding hydrogens is 424 g/mol. The van der Waals surface area contributed by atoms with Gasteiger partial charge in [0.05, 0.1) is 22.5 Å². The van der Waals surface area contributed by atoms with Crippen LogP contribution in [0.2, 0.25) is 5.02 Å². The quantitative estimate of drug-likeness (QED) is 0.509. The molecule has 0 aromatic heterocycles. The van der Waals surface area contributed by atoms with Gasteiger partial charge in [-0.05, 0) is 49.4 Å². The number of thioether (sulfide) groups is 1. The van der Waals surface area contributed by atoms with Crippen LogP contribution in [0.5, 0.6) is 0 Å². The van der Waals surface area contributed by atoms with E-state index >= 15 is 0 Å². The minimum absolute atomic E-state index is 0.0417. The first-order valence-corrected chi connectivity index (χ1v) is 11.0. The lowest BCUT2D eigenvalue weighted by Crippen LogP contribution is -2.49. The minimum Gasteiger partial charge on any atom is -0.388 e. The summed E-state index contributed by atoms with van der Waals surface area (Å²) in [5, 5.41) is 26.4. The lowest BCUT2D eigenvalue weighted by Gasteiger charge is -2.39. The Hall–Kier alpha value is -2.35. The lowest BCUT2D eigenvalue weighted by atomic mass is 9.71. The smallest absolute Gasteiger partial charge is 0.257 e. The van der Waals surface area contributed by atoms with Gasteiger partial charge in [-0.1, -0.05) is 41.4 Å². The van der Waals surface area contributed by atoms with Gasteiger partial charge >= 0.3 is 0 Å². The highest BCUT2D eigenvalue weighted by molar-refractivity contribution is 8.02. The molecule has 0 heterocycles. The number of halogens is 1. The molecule has 30 heavy (non-hydrogen) atoms. The van der Waals surface area contributed by atoms with Crippen molar-refractivity contribution in [3.8, 4) is 0 Å². The van der Waals surface area contributed by atoms with Crippen molar-refractivity contribution in [1.29, 1.82) is 0 Å². The Morgan fingerprint density at radius 2 is 1.83 bits per heavy atom. The Labute approximate surface area is 184 Å². The Morgan fingerprint density at radius 3 is 2.37 bits per heavy atom. The predicted molar refractivity (Wildman–Crippen MR) is 121 cm³/mol. The summed E-state index contributed by atoms with van der Waals surface area (Å²) in [7, 11) is 0. The van der Waals surface area contributed by atoms with Crippen molar-refractivity contribution in [3.05, 3.63) is 85.3 Å². The largest absolute Gasteiger partial charge is 0.388 e. The van der Waals surface area contributed by atoms with Gasteiger partial charge < -0.3 is 10.4 Å². The van der Waals surface area contributed by atoms with Crippen LogP contribution in [0.15, 0.2) is 59.0 Å². The van der Waals surface area contributed by atoms with Gasteiger partial charge in [0.15, 0.2) is 0 Å². The maximum absolute atomic E-state index is 13.0. The molecule has 3 atom stereocenters. The SMILES string of the molecule is CSC1=C(C(=O)Nc2ccc(Cl)cc2)C(O)CC(c2ccc(C)cc2)C1(C)[N+](=O)[O-]. The van der Waals surface area contributed by atoms with E-state index in [1.54, 1.807) is 30.5 Å². The van der Waals surface area contributed by atoms with E-state index < -0.39 is 23.5 Å². The third-order valence-corrected chi connectivity index (χ3v) is 6.88. The van der Waals surface area contributed by atoms with Crippen molar-refractivity contribution in [1.82, 2.24) is 0 Å². The second-order valence-electron chi connectivity index (χ2n) is 7.53. The van der Waals surface area contributed by atoms with Crippen molar-refractivity contribution in [3.63, 3.8) is 0 Å². The zero-order chi connectivity index (χ0) is 22.1. The van der Waals surface area contributed by atoms with Gasteiger partial charge in [-0.3, -0.25) is 14.9 Å². The Morgan fingerprint density at radius 1 is 1.23 bits per heavy atom. The van der Waals surface area contributed by atoms with Gasteiger partial charge in [-0.25, -0.2) is 0 Å². The molecule has 6 nitrogen and oxygen atoms in total. The molecule has 0 saturated heterocycles. The van der Waals surface area contributed by atoms with E-state index in [4.69, 9.17) is 11.6 Å². The average molecular weight is 447 g/mol. The van der Waals surface area contributed by atoms with Gasteiger partial charge in [-0.2, -0.15) is 0 Å². The van der Waals surface area contributed by atoms with E-state index in [2.05, 4.69) is 5.32 Å². The topological polar surface area (TPSA) is 92.5 Å². The summed E-state index contributed by atoms with van der Waals surface area (Å²) in [6.45, 7) is 3.48. The van der Waals surface area contributed by atoms with Crippen LogP contribution in [0, 0.1) is 17.0 Å². The maximum atomic E-state index is 13.0. The number of nitro groups is 1. The lowest BCUT2D eigenvalue weighted by molar-refractivity contribution is -0.557.